The summed E-state index contributed by atoms with van der Waals surface area (Å²) >= 11 is 1.78. The molecule has 0 amide bonds. The third-order valence-electron chi connectivity index (χ3n) is 4.48. The van der Waals surface area contributed by atoms with Crippen LogP contribution in [-0.4, -0.2) is 33.8 Å². The second kappa shape index (κ2) is 8.04. The number of aromatic amines is 1. The number of aromatic nitrogens is 1. The molecule has 1 aromatic heterocycles. The number of esters is 1. The number of H-pyrrole nitrogens is 1. The molecule has 4 nitrogen and oxygen atoms in total. The van der Waals surface area contributed by atoms with E-state index in [4.69, 9.17) is 4.74 Å². The molecule has 0 aliphatic heterocycles. The lowest BCUT2D eigenvalue weighted by atomic mass is 10.0. The molecule has 128 valence electrons. The number of rotatable bonds is 6. The van der Waals surface area contributed by atoms with E-state index in [9.17, 15) is 9.59 Å². The molecule has 0 bridgehead atoms. The van der Waals surface area contributed by atoms with Crippen LogP contribution in [0.1, 0.15) is 78.1 Å². The summed E-state index contributed by atoms with van der Waals surface area (Å²) in [5.41, 5.74) is 2.48. The molecule has 23 heavy (non-hydrogen) atoms. The van der Waals surface area contributed by atoms with Crippen LogP contribution < -0.4 is 0 Å². The van der Waals surface area contributed by atoms with Crippen molar-refractivity contribution in [3.63, 3.8) is 0 Å². The molecule has 2 rings (SSSR count). The number of carbonyl (C=O) groups is 2. The molecule has 0 spiro atoms. The van der Waals surface area contributed by atoms with Crippen LogP contribution in [0.15, 0.2) is 0 Å². The Balaban J connectivity index is 2.12. The maximum atomic E-state index is 12.8. The summed E-state index contributed by atoms with van der Waals surface area (Å²) in [6, 6.07) is 0. The van der Waals surface area contributed by atoms with Gasteiger partial charge in [0.25, 0.3) is 0 Å². The Morgan fingerprint density at radius 2 is 1.91 bits per heavy atom. The molecule has 0 radical (unpaired) electrons. The van der Waals surface area contributed by atoms with Crippen LogP contribution in [0.25, 0.3) is 0 Å². The average molecular weight is 337 g/mol. The predicted molar refractivity (Wildman–Crippen MR) is 94.5 cm³/mol. The number of carbonyl (C=O) groups excluding carboxylic acids is 2. The van der Waals surface area contributed by atoms with Crippen molar-refractivity contribution < 1.29 is 14.3 Å². The highest BCUT2D eigenvalue weighted by Gasteiger charge is 2.27. The molecule has 1 aromatic rings. The normalized spacial score (nSPS) is 17.0. The lowest BCUT2D eigenvalue weighted by Gasteiger charge is -2.23. The maximum absolute atomic E-state index is 12.8. The van der Waals surface area contributed by atoms with Crippen LogP contribution in [0, 0.1) is 13.8 Å². The number of Topliss-reactive ketones (excluding diaryl/α,β-unsaturated/α-hetero) is 1. The second-order valence-corrected chi connectivity index (χ2v) is 7.89. The van der Waals surface area contributed by atoms with Crippen LogP contribution in [-0.2, 0) is 4.74 Å². The number of ether oxygens (including phenoxy) is 1. The summed E-state index contributed by atoms with van der Waals surface area (Å²) in [6.07, 6.45) is 6.27. The first-order valence-corrected chi connectivity index (χ1v) is 9.45. The zero-order valence-electron chi connectivity index (χ0n) is 14.5. The minimum atomic E-state index is -0.356. The Morgan fingerprint density at radius 3 is 2.52 bits per heavy atom. The number of ketones is 1. The lowest BCUT2D eigenvalue weighted by Crippen LogP contribution is -2.20. The quantitative estimate of drug-likeness (QED) is 0.615. The van der Waals surface area contributed by atoms with E-state index in [1.54, 1.807) is 18.7 Å². The van der Waals surface area contributed by atoms with Gasteiger partial charge < -0.3 is 9.72 Å². The zero-order chi connectivity index (χ0) is 17.0. The monoisotopic (exact) mass is 337 g/mol. The van der Waals surface area contributed by atoms with Gasteiger partial charge in [-0.3, -0.25) is 4.79 Å². The van der Waals surface area contributed by atoms with E-state index in [0.29, 0.717) is 34.4 Å². The molecule has 0 aromatic carbocycles. The molecule has 0 saturated heterocycles. The van der Waals surface area contributed by atoms with Crippen molar-refractivity contribution in [2.45, 2.75) is 70.3 Å². The molecule has 0 unspecified atom stereocenters. The van der Waals surface area contributed by atoms with Gasteiger partial charge in [-0.15, -0.1) is 11.8 Å². The summed E-state index contributed by atoms with van der Waals surface area (Å²) in [7, 11) is 0. The molecule has 5 heteroatoms. The topological polar surface area (TPSA) is 59.2 Å². The van der Waals surface area contributed by atoms with Crippen molar-refractivity contribution in [2.24, 2.45) is 0 Å². The van der Waals surface area contributed by atoms with Gasteiger partial charge in [0.15, 0.2) is 5.78 Å². The van der Waals surface area contributed by atoms with Crippen LogP contribution in [0.4, 0.5) is 0 Å². The van der Waals surface area contributed by atoms with Gasteiger partial charge >= 0.3 is 5.97 Å². The largest absolute Gasteiger partial charge is 0.462 e. The van der Waals surface area contributed by atoms with Gasteiger partial charge in [0.1, 0.15) is 0 Å². The van der Waals surface area contributed by atoms with Gasteiger partial charge in [0.2, 0.25) is 0 Å². The van der Waals surface area contributed by atoms with Crippen LogP contribution in [0.3, 0.4) is 0 Å². The molecule has 1 aliphatic rings. The van der Waals surface area contributed by atoms with Crippen molar-refractivity contribution in [3.05, 3.63) is 22.5 Å². The highest BCUT2D eigenvalue weighted by molar-refractivity contribution is 8.01. The predicted octanol–water partition coefficient (Wildman–Crippen LogP) is 4.45. The third kappa shape index (κ3) is 4.19. The Hall–Kier alpha value is -1.23. The highest BCUT2D eigenvalue weighted by Crippen LogP contribution is 2.33. The number of thioether (sulfide) groups is 1. The first kappa shape index (κ1) is 18.1. The van der Waals surface area contributed by atoms with E-state index in [1.165, 1.54) is 32.1 Å². The number of nitrogens with one attached hydrogen (secondary N) is 1. The fourth-order valence-corrected chi connectivity index (χ4v) is 4.69. The molecule has 1 atom stereocenters. The highest BCUT2D eigenvalue weighted by atomic mass is 32.2. The van der Waals surface area contributed by atoms with E-state index < -0.39 is 0 Å². The smallest absolute Gasteiger partial charge is 0.340 e. The van der Waals surface area contributed by atoms with Crippen LogP contribution in [0.5, 0.6) is 0 Å². The van der Waals surface area contributed by atoms with Gasteiger partial charge in [-0.05, 0) is 46.1 Å². The van der Waals surface area contributed by atoms with Crippen molar-refractivity contribution >= 4 is 23.5 Å². The fourth-order valence-electron chi connectivity index (χ4n) is 3.26. The molecule has 1 saturated carbocycles. The van der Waals surface area contributed by atoms with Crippen molar-refractivity contribution in [3.8, 4) is 0 Å². The number of hydrogen-bond donors (Lipinski definition) is 1. The van der Waals surface area contributed by atoms with E-state index in [2.05, 4.69) is 4.98 Å². The van der Waals surface area contributed by atoms with Crippen molar-refractivity contribution in [1.29, 1.82) is 0 Å². The average Bonchev–Trinajstić information content (AvgIpc) is 2.82. The Kier molecular flexibility index (Phi) is 6.33. The maximum Gasteiger partial charge on any atom is 0.340 e. The van der Waals surface area contributed by atoms with Gasteiger partial charge in [-0.1, -0.05) is 19.3 Å². The summed E-state index contributed by atoms with van der Waals surface area (Å²) in [5.74, 6) is -0.276. The number of aryl methyl sites for hydroxylation is 1. The molecule has 1 N–H and O–H groups in total. The van der Waals surface area contributed by atoms with Gasteiger partial charge in [-0.25, -0.2) is 4.79 Å². The van der Waals surface area contributed by atoms with E-state index >= 15 is 0 Å². The number of hydrogen-bond acceptors (Lipinski definition) is 4. The molecular formula is C18H27NO3S. The summed E-state index contributed by atoms with van der Waals surface area (Å²) in [5, 5.41) is 0.494. The molecular weight excluding hydrogens is 310 g/mol. The standard InChI is InChI=1S/C18H27NO3S/c1-5-22-18(21)15-11(2)16(19-12(15)3)17(20)13(4)23-14-9-7-6-8-10-14/h13-14,19H,5-10H2,1-4H3/t13-/m1/s1. The van der Waals surface area contributed by atoms with Crippen LogP contribution in [0.2, 0.25) is 0 Å². The van der Waals surface area contributed by atoms with Crippen molar-refractivity contribution in [1.82, 2.24) is 4.98 Å². The second-order valence-electron chi connectivity index (χ2n) is 6.25. The Labute approximate surface area is 142 Å². The summed E-state index contributed by atoms with van der Waals surface area (Å²) in [6.45, 7) is 7.72. The van der Waals surface area contributed by atoms with Gasteiger partial charge in [0, 0.05) is 10.9 Å². The Bertz CT molecular complexity index is 573. The molecule has 1 fully saturated rings. The molecule has 1 heterocycles. The summed E-state index contributed by atoms with van der Waals surface area (Å²) in [4.78, 5) is 27.9. The van der Waals surface area contributed by atoms with Gasteiger partial charge in [-0.2, -0.15) is 0 Å². The van der Waals surface area contributed by atoms with E-state index in [0.717, 1.165) is 0 Å². The summed E-state index contributed by atoms with van der Waals surface area (Å²) < 4.78 is 5.09. The minimum Gasteiger partial charge on any atom is -0.462 e. The van der Waals surface area contributed by atoms with Crippen molar-refractivity contribution in [2.75, 3.05) is 6.61 Å². The lowest BCUT2D eigenvalue weighted by molar-refractivity contribution is 0.0525. The zero-order valence-corrected chi connectivity index (χ0v) is 15.3. The van der Waals surface area contributed by atoms with Gasteiger partial charge in [0.05, 0.1) is 23.1 Å². The molecule has 1 aliphatic carbocycles. The first-order chi connectivity index (χ1) is 11.0. The third-order valence-corrected chi connectivity index (χ3v) is 5.96. The minimum absolute atomic E-state index is 0.0803. The Morgan fingerprint density at radius 1 is 1.26 bits per heavy atom. The van der Waals surface area contributed by atoms with Crippen LogP contribution >= 0.6 is 11.8 Å². The van der Waals surface area contributed by atoms with E-state index in [1.807, 2.05) is 20.8 Å². The SMILES string of the molecule is CCOC(=O)c1c(C)[nH]c(C(=O)[C@@H](C)SC2CCCCC2)c1C. The fraction of sp³-hybridized carbons (Fsp3) is 0.667. The van der Waals surface area contributed by atoms with E-state index in [-0.39, 0.29) is 17.0 Å². The first-order valence-electron chi connectivity index (χ1n) is 8.51.